The van der Waals surface area contributed by atoms with Crippen molar-refractivity contribution in [1.29, 1.82) is 0 Å². The van der Waals surface area contributed by atoms with Crippen LogP contribution in [0.2, 0.25) is 0 Å². The molecule has 0 saturated carbocycles. The summed E-state index contributed by atoms with van der Waals surface area (Å²) in [6.07, 6.45) is 0. The summed E-state index contributed by atoms with van der Waals surface area (Å²) >= 11 is 0. The van der Waals surface area contributed by atoms with Gasteiger partial charge in [-0.15, -0.1) is 12.4 Å². The van der Waals surface area contributed by atoms with Crippen molar-refractivity contribution in [2.45, 2.75) is 32.7 Å². The van der Waals surface area contributed by atoms with Gasteiger partial charge in [-0.05, 0) is 36.1 Å². The lowest BCUT2D eigenvalue weighted by Crippen LogP contribution is -2.32. The Balaban J connectivity index is 0.00000312. The number of para-hydroxylation sites is 1. The second kappa shape index (κ2) is 10.1. The smallest absolute Gasteiger partial charge is 0.255 e. The highest BCUT2D eigenvalue weighted by Crippen LogP contribution is 2.19. The second-order valence-corrected chi connectivity index (χ2v) is 6.07. The highest BCUT2D eigenvalue weighted by molar-refractivity contribution is 5.96. The van der Waals surface area contributed by atoms with Crippen LogP contribution in [0.5, 0.6) is 5.75 Å². The number of rotatable bonds is 7. The van der Waals surface area contributed by atoms with Crippen molar-refractivity contribution in [2.75, 3.05) is 13.2 Å². The fourth-order valence-electron chi connectivity index (χ4n) is 2.48. The quantitative estimate of drug-likeness (QED) is 0.780. The molecule has 4 nitrogen and oxygen atoms in total. The molecule has 136 valence electrons. The zero-order valence-corrected chi connectivity index (χ0v) is 15.8. The molecule has 0 fully saturated rings. The third-order valence-electron chi connectivity index (χ3n) is 3.95. The predicted octanol–water partition coefficient (Wildman–Crippen LogP) is 4.06. The van der Waals surface area contributed by atoms with Crippen LogP contribution in [0.25, 0.3) is 0 Å². The number of benzene rings is 2. The number of ether oxygens (including phenoxy) is 1. The van der Waals surface area contributed by atoms with Gasteiger partial charge in [0.1, 0.15) is 5.75 Å². The van der Waals surface area contributed by atoms with E-state index in [4.69, 9.17) is 10.5 Å². The molecular formula is C20H27ClN2O2. The van der Waals surface area contributed by atoms with Gasteiger partial charge in [0.25, 0.3) is 5.91 Å². The van der Waals surface area contributed by atoms with Gasteiger partial charge in [-0.25, -0.2) is 0 Å². The molecule has 1 unspecified atom stereocenters. The van der Waals surface area contributed by atoms with Crippen molar-refractivity contribution in [1.82, 2.24) is 5.32 Å². The Morgan fingerprint density at radius 3 is 2.28 bits per heavy atom. The average Bonchev–Trinajstić information content (AvgIpc) is 2.60. The van der Waals surface area contributed by atoms with Gasteiger partial charge in [0.05, 0.1) is 12.2 Å². The molecule has 2 rings (SSSR count). The van der Waals surface area contributed by atoms with E-state index in [0.29, 0.717) is 30.4 Å². The van der Waals surface area contributed by atoms with E-state index < -0.39 is 0 Å². The number of halogens is 1. The molecule has 3 N–H and O–H groups in total. The monoisotopic (exact) mass is 362 g/mol. The normalized spacial score (nSPS) is 11.6. The van der Waals surface area contributed by atoms with Crippen molar-refractivity contribution in [2.24, 2.45) is 5.73 Å². The maximum absolute atomic E-state index is 12.4. The number of carbonyl (C=O) groups excluding carboxylic acids is 1. The summed E-state index contributed by atoms with van der Waals surface area (Å²) in [7, 11) is 0. The summed E-state index contributed by atoms with van der Waals surface area (Å²) in [5.74, 6) is 0.908. The van der Waals surface area contributed by atoms with E-state index >= 15 is 0 Å². The molecular weight excluding hydrogens is 336 g/mol. The van der Waals surface area contributed by atoms with Crippen molar-refractivity contribution in [3.63, 3.8) is 0 Å². The maximum Gasteiger partial charge on any atom is 0.255 e. The molecule has 2 aromatic rings. The molecule has 0 radical (unpaired) electrons. The first kappa shape index (κ1) is 21.0. The minimum Gasteiger partial charge on any atom is -0.493 e. The fraction of sp³-hybridized carbons (Fsp3) is 0.350. The molecule has 0 aliphatic carbocycles. The van der Waals surface area contributed by atoms with Crippen LogP contribution in [0.4, 0.5) is 0 Å². The molecule has 0 saturated heterocycles. The lowest BCUT2D eigenvalue weighted by Gasteiger charge is -2.15. The second-order valence-electron chi connectivity index (χ2n) is 6.07. The van der Waals surface area contributed by atoms with Crippen LogP contribution < -0.4 is 15.8 Å². The van der Waals surface area contributed by atoms with Crippen molar-refractivity contribution < 1.29 is 9.53 Å². The highest BCUT2D eigenvalue weighted by Gasteiger charge is 2.14. The third kappa shape index (κ3) is 5.76. The summed E-state index contributed by atoms with van der Waals surface area (Å²) in [6, 6.07) is 15.2. The number of carbonyl (C=O) groups is 1. The third-order valence-corrected chi connectivity index (χ3v) is 3.95. The highest BCUT2D eigenvalue weighted by atomic mass is 35.5. The Bertz CT molecular complexity index is 672. The van der Waals surface area contributed by atoms with Crippen molar-refractivity contribution in [3.05, 3.63) is 65.2 Å². The van der Waals surface area contributed by atoms with Gasteiger partial charge in [0, 0.05) is 12.6 Å². The van der Waals surface area contributed by atoms with Crippen LogP contribution in [0.3, 0.4) is 0 Å². The molecule has 25 heavy (non-hydrogen) atoms. The summed E-state index contributed by atoms with van der Waals surface area (Å²) in [4.78, 5) is 12.4. The largest absolute Gasteiger partial charge is 0.493 e. The first-order chi connectivity index (χ1) is 11.5. The van der Waals surface area contributed by atoms with Crippen molar-refractivity contribution in [3.8, 4) is 5.75 Å². The summed E-state index contributed by atoms with van der Waals surface area (Å²) in [5.41, 5.74) is 9.02. The molecule has 0 aromatic heterocycles. The lowest BCUT2D eigenvalue weighted by molar-refractivity contribution is 0.0947. The number of hydrogen-bond donors (Lipinski definition) is 2. The molecule has 1 amide bonds. The van der Waals surface area contributed by atoms with Crippen LogP contribution >= 0.6 is 12.4 Å². The molecule has 0 heterocycles. The first-order valence-corrected chi connectivity index (χ1v) is 8.38. The van der Waals surface area contributed by atoms with Gasteiger partial charge in [-0.3, -0.25) is 4.79 Å². The Kier molecular flexibility index (Phi) is 8.46. The Morgan fingerprint density at radius 1 is 1.08 bits per heavy atom. The van der Waals surface area contributed by atoms with E-state index in [0.717, 1.165) is 5.56 Å². The molecule has 2 aromatic carbocycles. The zero-order chi connectivity index (χ0) is 17.5. The SMILES string of the molecule is CCOc1ccccc1C(=O)NCC(N)c1ccc(C(C)C)cc1.Cl. The maximum atomic E-state index is 12.4. The molecule has 0 aliphatic heterocycles. The van der Waals surface area contributed by atoms with E-state index in [1.807, 2.05) is 31.2 Å². The van der Waals surface area contributed by atoms with Gasteiger partial charge >= 0.3 is 0 Å². The Hall–Kier alpha value is -2.04. The topological polar surface area (TPSA) is 64.3 Å². The predicted molar refractivity (Wildman–Crippen MR) is 105 cm³/mol. The van der Waals surface area contributed by atoms with Crippen LogP contribution in [0.15, 0.2) is 48.5 Å². The van der Waals surface area contributed by atoms with Gasteiger partial charge in [-0.2, -0.15) is 0 Å². The standard InChI is InChI=1S/C20H26N2O2.ClH/c1-4-24-19-8-6-5-7-17(19)20(23)22-13-18(21)16-11-9-15(10-12-16)14(2)3;/h5-12,14,18H,4,13,21H2,1-3H3,(H,22,23);1H. The zero-order valence-electron chi connectivity index (χ0n) is 15.0. The summed E-state index contributed by atoms with van der Waals surface area (Å²) in [6.45, 7) is 7.10. The van der Waals surface area contributed by atoms with Crippen LogP contribution in [-0.4, -0.2) is 19.1 Å². The van der Waals surface area contributed by atoms with E-state index in [9.17, 15) is 4.79 Å². The van der Waals surface area contributed by atoms with Gasteiger partial charge in [0.15, 0.2) is 0 Å². The fourth-order valence-corrected chi connectivity index (χ4v) is 2.48. The number of amides is 1. The molecule has 5 heteroatoms. The lowest BCUT2D eigenvalue weighted by atomic mass is 9.99. The number of nitrogens with one attached hydrogen (secondary N) is 1. The van der Waals surface area contributed by atoms with E-state index in [2.05, 4.69) is 31.3 Å². The van der Waals surface area contributed by atoms with E-state index in [-0.39, 0.29) is 24.4 Å². The van der Waals surface area contributed by atoms with Gasteiger partial charge in [-0.1, -0.05) is 50.2 Å². The number of hydrogen-bond acceptors (Lipinski definition) is 3. The van der Waals surface area contributed by atoms with E-state index in [1.165, 1.54) is 5.56 Å². The summed E-state index contributed by atoms with van der Waals surface area (Å²) in [5, 5.41) is 2.89. The minimum atomic E-state index is -0.241. The minimum absolute atomic E-state index is 0. The van der Waals surface area contributed by atoms with Crippen LogP contribution in [-0.2, 0) is 0 Å². The first-order valence-electron chi connectivity index (χ1n) is 8.38. The Labute approximate surface area is 156 Å². The van der Waals surface area contributed by atoms with Crippen LogP contribution in [0.1, 0.15) is 54.2 Å². The van der Waals surface area contributed by atoms with E-state index in [1.54, 1.807) is 12.1 Å². The van der Waals surface area contributed by atoms with Crippen molar-refractivity contribution >= 4 is 18.3 Å². The van der Waals surface area contributed by atoms with Gasteiger partial charge < -0.3 is 15.8 Å². The summed E-state index contributed by atoms with van der Waals surface area (Å²) < 4.78 is 5.49. The van der Waals surface area contributed by atoms with Crippen LogP contribution in [0, 0.1) is 0 Å². The average molecular weight is 363 g/mol. The Morgan fingerprint density at radius 2 is 1.68 bits per heavy atom. The molecule has 0 aliphatic rings. The molecule has 1 atom stereocenters. The molecule has 0 spiro atoms. The molecule has 0 bridgehead atoms. The number of nitrogens with two attached hydrogens (primary N) is 1. The van der Waals surface area contributed by atoms with Gasteiger partial charge in [0.2, 0.25) is 0 Å².